The lowest BCUT2D eigenvalue weighted by Gasteiger charge is -2.17. The number of hydrogen-bond acceptors (Lipinski definition) is 5. The van der Waals surface area contributed by atoms with Gasteiger partial charge in [-0.05, 0) is 30.7 Å². The number of ether oxygens (including phenoxy) is 2. The fourth-order valence-electron chi connectivity index (χ4n) is 2.01. The van der Waals surface area contributed by atoms with E-state index in [1.807, 2.05) is 0 Å². The van der Waals surface area contributed by atoms with Crippen LogP contribution in [0.1, 0.15) is 23.7 Å². The summed E-state index contributed by atoms with van der Waals surface area (Å²) in [5.74, 6) is -0.632. The molecule has 2 aromatic rings. The van der Waals surface area contributed by atoms with Crippen molar-refractivity contribution in [2.75, 3.05) is 12.4 Å². The highest BCUT2D eigenvalue weighted by atomic mass is 35.5. The molecule has 0 aliphatic heterocycles. The van der Waals surface area contributed by atoms with Crippen molar-refractivity contribution in [2.45, 2.75) is 19.4 Å². The number of para-hydroxylation sites is 2. The lowest BCUT2D eigenvalue weighted by molar-refractivity contribution is -0.124. The minimum Gasteiger partial charge on any atom is -0.495 e. The van der Waals surface area contributed by atoms with Gasteiger partial charge in [-0.15, -0.1) is 0 Å². The molecule has 1 N–H and O–H groups in total. The zero-order chi connectivity index (χ0) is 17.5. The van der Waals surface area contributed by atoms with E-state index in [-0.39, 0.29) is 10.7 Å². The van der Waals surface area contributed by atoms with Crippen LogP contribution in [0.2, 0.25) is 5.15 Å². The van der Waals surface area contributed by atoms with Gasteiger partial charge in [0.2, 0.25) is 0 Å². The van der Waals surface area contributed by atoms with E-state index in [1.54, 1.807) is 37.3 Å². The zero-order valence-electron chi connectivity index (χ0n) is 13.3. The monoisotopic (exact) mass is 348 g/mol. The van der Waals surface area contributed by atoms with Gasteiger partial charge in [-0.25, -0.2) is 9.78 Å². The predicted octanol–water partition coefficient (Wildman–Crippen LogP) is 3.32. The van der Waals surface area contributed by atoms with E-state index in [1.165, 1.54) is 19.4 Å². The lowest BCUT2D eigenvalue weighted by Crippen LogP contribution is -2.32. The Morgan fingerprint density at radius 3 is 2.67 bits per heavy atom. The molecule has 126 valence electrons. The number of benzene rings is 1. The van der Waals surface area contributed by atoms with E-state index in [9.17, 15) is 9.59 Å². The average molecular weight is 349 g/mol. The molecule has 7 heteroatoms. The molecular weight excluding hydrogens is 332 g/mol. The summed E-state index contributed by atoms with van der Waals surface area (Å²) in [5.41, 5.74) is 0.613. The van der Waals surface area contributed by atoms with Crippen LogP contribution in [-0.2, 0) is 9.53 Å². The molecule has 0 fully saturated rings. The van der Waals surface area contributed by atoms with E-state index in [4.69, 9.17) is 21.1 Å². The summed E-state index contributed by atoms with van der Waals surface area (Å²) >= 11 is 5.87. The SMILES string of the molecule is CCC(OC(=O)c1cccnc1Cl)C(=O)Nc1ccccc1OC. The number of esters is 1. The van der Waals surface area contributed by atoms with Crippen LogP contribution in [0.15, 0.2) is 42.6 Å². The number of methoxy groups -OCH3 is 1. The van der Waals surface area contributed by atoms with Crippen molar-refractivity contribution in [3.8, 4) is 5.75 Å². The third kappa shape index (κ3) is 4.23. The van der Waals surface area contributed by atoms with E-state index < -0.39 is 18.0 Å². The van der Waals surface area contributed by atoms with Crippen molar-refractivity contribution in [2.24, 2.45) is 0 Å². The van der Waals surface area contributed by atoms with Crippen molar-refractivity contribution in [3.05, 3.63) is 53.3 Å². The Hall–Kier alpha value is -2.60. The van der Waals surface area contributed by atoms with Gasteiger partial charge in [0.15, 0.2) is 6.10 Å². The van der Waals surface area contributed by atoms with Crippen molar-refractivity contribution < 1.29 is 19.1 Å². The van der Waals surface area contributed by atoms with Crippen molar-refractivity contribution in [3.63, 3.8) is 0 Å². The number of nitrogens with zero attached hydrogens (tertiary/aromatic N) is 1. The molecule has 1 unspecified atom stereocenters. The average Bonchev–Trinajstić information content (AvgIpc) is 2.60. The molecule has 1 atom stereocenters. The number of rotatable bonds is 6. The Morgan fingerprint density at radius 2 is 2.00 bits per heavy atom. The normalized spacial score (nSPS) is 11.5. The Kier molecular flexibility index (Phi) is 6.14. The first-order valence-electron chi connectivity index (χ1n) is 7.32. The first-order chi connectivity index (χ1) is 11.6. The summed E-state index contributed by atoms with van der Waals surface area (Å²) in [6, 6.07) is 10.0. The van der Waals surface area contributed by atoms with Crippen LogP contribution < -0.4 is 10.1 Å². The number of pyridine rings is 1. The highest BCUT2D eigenvalue weighted by Crippen LogP contribution is 2.23. The van der Waals surface area contributed by atoms with Crippen LogP contribution in [0.3, 0.4) is 0 Å². The molecule has 0 aliphatic carbocycles. The summed E-state index contributed by atoms with van der Waals surface area (Å²) < 4.78 is 10.4. The molecule has 1 amide bonds. The van der Waals surface area contributed by atoms with Gasteiger partial charge in [-0.1, -0.05) is 30.7 Å². The number of amides is 1. The number of hydrogen-bond donors (Lipinski definition) is 1. The topological polar surface area (TPSA) is 77.5 Å². The number of carbonyl (C=O) groups excluding carboxylic acids is 2. The maximum Gasteiger partial charge on any atom is 0.342 e. The molecule has 1 aromatic heterocycles. The highest BCUT2D eigenvalue weighted by Gasteiger charge is 2.24. The first kappa shape index (κ1) is 17.7. The second kappa shape index (κ2) is 8.31. The Labute approximate surface area is 144 Å². The maximum absolute atomic E-state index is 12.4. The van der Waals surface area contributed by atoms with Crippen LogP contribution in [0.25, 0.3) is 0 Å². The number of carbonyl (C=O) groups is 2. The molecule has 0 radical (unpaired) electrons. The standard InChI is InChI=1S/C17H17ClN2O4/c1-3-13(24-17(22)11-7-6-10-19-15(11)18)16(21)20-12-8-4-5-9-14(12)23-2/h4-10,13H,3H2,1-2H3,(H,20,21). The Morgan fingerprint density at radius 1 is 1.25 bits per heavy atom. The van der Waals surface area contributed by atoms with Crippen molar-refractivity contribution in [1.29, 1.82) is 0 Å². The Bertz CT molecular complexity index is 736. The maximum atomic E-state index is 12.4. The van der Waals surface area contributed by atoms with Gasteiger partial charge < -0.3 is 14.8 Å². The van der Waals surface area contributed by atoms with E-state index in [0.717, 1.165) is 0 Å². The first-order valence-corrected chi connectivity index (χ1v) is 7.70. The molecule has 0 saturated heterocycles. The smallest absolute Gasteiger partial charge is 0.342 e. The van der Waals surface area contributed by atoms with Gasteiger partial charge in [0.1, 0.15) is 10.9 Å². The summed E-state index contributed by atoms with van der Waals surface area (Å²) in [6.45, 7) is 1.74. The molecule has 0 aliphatic rings. The lowest BCUT2D eigenvalue weighted by atomic mass is 10.2. The van der Waals surface area contributed by atoms with Crippen LogP contribution in [-0.4, -0.2) is 30.1 Å². The van der Waals surface area contributed by atoms with Gasteiger partial charge in [0.25, 0.3) is 5.91 Å². The minimum absolute atomic E-state index is 0.0301. The van der Waals surface area contributed by atoms with E-state index >= 15 is 0 Å². The fourth-order valence-corrected chi connectivity index (χ4v) is 2.21. The third-order valence-electron chi connectivity index (χ3n) is 3.26. The Balaban J connectivity index is 2.09. The van der Waals surface area contributed by atoms with Gasteiger partial charge in [0, 0.05) is 6.20 Å². The summed E-state index contributed by atoms with van der Waals surface area (Å²) in [5, 5.41) is 2.72. The largest absolute Gasteiger partial charge is 0.495 e. The quantitative estimate of drug-likeness (QED) is 0.640. The molecule has 24 heavy (non-hydrogen) atoms. The van der Waals surface area contributed by atoms with Crippen molar-refractivity contribution >= 4 is 29.2 Å². The van der Waals surface area contributed by atoms with Gasteiger partial charge in [-0.2, -0.15) is 0 Å². The zero-order valence-corrected chi connectivity index (χ0v) is 14.0. The summed E-state index contributed by atoms with van der Waals surface area (Å²) in [6.07, 6.45) is 0.814. The number of anilines is 1. The van der Waals surface area contributed by atoms with Gasteiger partial charge in [-0.3, -0.25) is 4.79 Å². The van der Waals surface area contributed by atoms with Crippen molar-refractivity contribution in [1.82, 2.24) is 4.98 Å². The predicted molar refractivity (Wildman–Crippen MR) is 90.4 cm³/mol. The molecular formula is C17H17ClN2O4. The van der Waals surface area contributed by atoms with Gasteiger partial charge in [0.05, 0.1) is 18.4 Å². The number of nitrogens with one attached hydrogen (secondary N) is 1. The molecule has 0 saturated carbocycles. The summed E-state index contributed by atoms with van der Waals surface area (Å²) in [7, 11) is 1.51. The number of halogens is 1. The fraction of sp³-hybridized carbons (Fsp3) is 0.235. The molecule has 1 aromatic carbocycles. The summed E-state index contributed by atoms with van der Waals surface area (Å²) in [4.78, 5) is 28.4. The van der Waals surface area contributed by atoms with Crippen LogP contribution >= 0.6 is 11.6 Å². The second-order valence-electron chi connectivity index (χ2n) is 4.83. The molecule has 0 bridgehead atoms. The molecule has 6 nitrogen and oxygen atoms in total. The van der Waals surface area contributed by atoms with E-state index in [0.29, 0.717) is 17.9 Å². The van der Waals surface area contributed by atoms with Crippen LogP contribution in [0, 0.1) is 0 Å². The molecule has 0 spiro atoms. The van der Waals surface area contributed by atoms with Gasteiger partial charge >= 0.3 is 5.97 Å². The molecule has 2 rings (SSSR count). The number of aromatic nitrogens is 1. The minimum atomic E-state index is -0.960. The highest BCUT2D eigenvalue weighted by molar-refractivity contribution is 6.32. The van der Waals surface area contributed by atoms with Crippen LogP contribution in [0.4, 0.5) is 5.69 Å². The van der Waals surface area contributed by atoms with Crippen LogP contribution in [0.5, 0.6) is 5.75 Å². The third-order valence-corrected chi connectivity index (χ3v) is 3.56. The van der Waals surface area contributed by atoms with E-state index in [2.05, 4.69) is 10.3 Å². The molecule has 1 heterocycles. The second-order valence-corrected chi connectivity index (χ2v) is 5.19.